The van der Waals surface area contributed by atoms with Crippen molar-refractivity contribution in [2.45, 2.75) is 39.0 Å². The lowest BCUT2D eigenvalue weighted by atomic mass is 9.97. The van der Waals surface area contributed by atoms with Crippen molar-refractivity contribution in [3.05, 3.63) is 18.0 Å². The van der Waals surface area contributed by atoms with E-state index in [1.54, 1.807) is 0 Å². The molecule has 2 aliphatic rings. The Balaban J connectivity index is 1.31. The van der Waals surface area contributed by atoms with Crippen molar-refractivity contribution in [2.75, 3.05) is 57.4 Å². The highest BCUT2D eigenvalue weighted by atomic mass is 16.5. The molecule has 2 aromatic rings. The smallest absolute Gasteiger partial charge is 0.224 e. The number of carbonyl (C=O) groups is 1. The first kappa shape index (κ1) is 21.0. The number of hydrogen-bond donors (Lipinski definition) is 1. The van der Waals surface area contributed by atoms with Gasteiger partial charge in [0.1, 0.15) is 5.82 Å². The van der Waals surface area contributed by atoms with Crippen molar-refractivity contribution < 1.29 is 9.53 Å². The Morgan fingerprint density at radius 2 is 2.07 bits per heavy atom. The number of piperidine rings is 1. The van der Waals surface area contributed by atoms with Gasteiger partial charge in [-0.05, 0) is 37.9 Å². The van der Waals surface area contributed by atoms with Gasteiger partial charge >= 0.3 is 0 Å². The van der Waals surface area contributed by atoms with Gasteiger partial charge in [0.05, 0.1) is 19.1 Å². The van der Waals surface area contributed by atoms with Crippen LogP contribution in [0.15, 0.2) is 12.1 Å². The van der Waals surface area contributed by atoms with Crippen LogP contribution in [0.3, 0.4) is 0 Å². The van der Waals surface area contributed by atoms with Gasteiger partial charge in [-0.15, -0.1) is 15.3 Å². The normalized spacial score (nSPS) is 20.8. The zero-order valence-corrected chi connectivity index (χ0v) is 18.1. The number of fused-ring (bicyclic) bond motifs is 1. The third-order valence-corrected chi connectivity index (χ3v) is 5.96. The molecule has 1 N–H and O–H groups in total. The molecular weight excluding hydrogens is 382 g/mol. The SMILES string of the molecule is CC(C)c1nnc2ccc(N3CCC[C@@H](C(=O)NCCCN4CCOCC4)C3)nn12. The zero-order valence-electron chi connectivity index (χ0n) is 18.1. The van der Waals surface area contributed by atoms with E-state index >= 15 is 0 Å². The number of nitrogens with one attached hydrogen (secondary N) is 1. The number of aromatic nitrogens is 4. The first-order chi connectivity index (χ1) is 14.6. The maximum atomic E-state index is 12.7. The lowest BCUT2D eigenvalue weighted by molar-refractivity contribution is -0.125. The van der Waals surface area contributed by atoms with Crippen LogP contribution in [0.5, 0.6) is 0 Å². The van der Waals surface area contributed by atoms with E-state index in [0.717, 1.165) is 82.5 Å². The highest BCUT2D eigenvalue weighted by molar-refractivity contribution is 5.79. The molecule has 1 amide bonds. The summed E-state index contributed by atoms with van der Waals surface area (Å²) < 4.78 is 7.21. The standard InChI is InChI=1S/C21H33N7O2/c1-16(2)20-24-23-18-6-7-19(25-28(18)20)27-10-3-5-17(15-27)21(29)22-8-4-9-26-11-13-30-14-12-26/h6-7,16-17H,3-5,8-15H2,1-2H3,(H,22,29)/t17-/m1/s1. The molecule has 9 nitrogen and oxygen atoms in total. The summed E-state index contributed by atoms with van der Waals surface area (Å²) in [5.74, 6) is 2.16. The summed E-state index contributed by atoms with van der Waals surface area (Å²) >= 11 is 0. The molecule has 1 atom stereocenters. The van der Waals surface area contributed by atoms with Crippen molar-refractivity contribution in [1.82, 2.24) is 30.0 Å². The summed E-state index contributed by atoms with van der Waals surface area (Å²) in [5, 5.41) is 16.4. The van der Waals surface area contributed by atoms with Crippen LogP contribution in [0.25, 0.3) is 5.65 Å². The lowest BCUT2D eigenvalue weighted by Gasteiger charge is -2.33. The Hall–Kier alpha value is -2.26. The number of ether oxygens (including phenoxy) is 1. The maximum Gasteiger partial charge on any atom is 0.224 e. The van der Waals surface area contributed by atoms with Gasteiger partial charge in [0.2, 0.25) is 5.91 Å². The van der Waals surface area contributed by atoms with Crippen molar-refractivity contribution in [3.63, 3.8) is 0 Å². The van der Waals surface area contributed by atoms with Gasteiger partial charge < -0.3 is 15.0 Å². The van der Waals surface area contributed by atoms with E-state index in [2.05, 4.69) is 39.2 Å². The number of anilines is 1. The van der Waals surface area contributed by atoms with Gasteiger partial charge in [0.15, 0.2) is 11.5 Å². The summed E-state index contributed by atoms with van der Waals surface area (Å²) in [7, 11) is 0. The Bertz CT molecular complexity index is 847. The molecule has 2 aliphatic heterocycles. The lowest BCUT2D eigenvalue weighted by Crippen LogP contribution is -2.44. The van der Waals surface area contributed by atoms with E-state index in [0.29, 0.717) is 6.54 Å². The quantitative estimate of drug-likeness (QED) is 0.682. The van der Waals surface area contributed by atoms with Crippen LogP contribution in [-0.4, -0.2) is 83.1 Å². The molecule has 0 bridgehead atoms. The van der Waals surface area contributed by atoms with Gasteiger partial charge in [-0.25, -0.2) is 0 Å². The fraction of sp³-hybridized carbons (Fsp3) is 0.714. The van der Waals surface area contributed by atoms with Gasteiger partial charge in [-0.3, -0.25) is 9.69 Å². The highest BCUT2D eigenvalue weighted by Crippen LogP contribution is 2.23. The number of amides is 1. The van der Waals surface area contributed by atoms with E-state index in [-0.39, 0.29) is 17.7 Å². The summed E-state index contributed by atoms with van der Waals surface area (Å²) in [6.45, 7) is 11.2. The molecular formula is C21H33N7O2. The largest absolute Gasteiger partial charge is 0.379 e. The van der Waals surface area contributed by atoms with Gasteiger partial charge in [0, 0.05) is 38.6 Å². The summed E-state index contributed by atoms with van der Waals surface area (Å²) in [5.41, 5.74) is 0.758. The highest BCUT2D eigenvalue weighted by Gasteiger charge is 2.27. The number of morpholine rings is 1. The second-order valence-electron chi connectivity index (χ2n) is 8.56. The minimum absolute atomic E-state index is 0.00474. The fourth-order valence-electron chi connectivity index (χ4n) is 4.21. The van der Waals surface area contributed by atoms with E-state index in [1.807, 2.05) is 16.6 Å². The number of rotatable bonds is 7. The summed E-state index contributed by atoms with van der Waals surface area (Å²) in [6.07, 6.45) is 2.90. The predicted molar refractivity (Wildman–Crippen MR) is 115 cm³/mol. The minimum Gasteiger partial charge on any atom is -0.379 e. The second kappa shape index (κ2) is 9.70. The van der Waals surface area contributed by atoms with Crippen LogP contribution >= 0.6 is 0 Å². The molecule has 2 aromatic heterocycles. The van der Waals surface area contributed by atoms with E-state index < -0.39 is 0 Å². The topological polar surface area (TPSA) is 87.9 Å². The second-order valence-corrected chi connectivity index (χ2v) is 8.56. The fourth-order valence-corrected chi connectivity index (χ4v) is 4.21. The molecule has 4 rings (SSSR count). The van der Waals surface area contributed by atoms with Crippen molar-refractivity contribution in [3.8, 4) is 0 Å². The molecule has 4 heterocycles. The monoisotopic (exact) mass is 415 g/mol. The zero-order chi connectivity index (χ0) is 20.9. The van der Waals surface area contributed by atoms with Gasteiger partial charge in [0.25, 0.3) is 0 Å². The van der Waals surface area contributed by atoms with E-state index in [4.69, 9.17) is 9.84 Å². The first-order valence-corrected chi connectivity index (χ1v) is 11.2. The molecule has 0 unspecified atom stereocenters. The Morgan fingerprint density at radius 1 is 1.23 bits per heavy atom. The van der Waals surface area contributed by atoms with E-state index in [1.165, 1.54) is 0 Å². The van der Waals surface area contributed by atoms with Crippen molar-refractivity contribution >= 4 is 17.4 Å². The number of carbonyl (C=O) groups excluding carboxylic acids is 1. The Labute approximate surface area is 177 Å². The molecule has 164 valence electrons. The Morgan fingerprint density at radius 3 is 2.87 bits per heavy atom. The molecule has 0 saturated carbocycles. The maximum absolute atomic E-state index is 12.7. The van der Waals surface area contributed by atoms with Crippen LogP contribution in [0.1, 0.15) is 44.9 Å². The summed E-state index contributed by atoms with van der Waals surface area (Å²) in [4.78, 5) is 17.3. The molecule has 30 heavy (non-hydrogen) atoms. The molecule has 0 radical (unpaired) electrons. The molecule has 0 spiro atoms. The molecule has 2 fully saturated rings. The minimum atomic E-state index is 0.00474. The van der Waals surface area contributed by atoms with Crippen LogP contribution in [0.4, 0.5) is 5.82 Å². The van der Waals surface area contributed by atoms with Crippen LogP contribution in [-0.2, 0) is 9.53 Å². The average Bonchev–Trinajstić information content (AvgIpc) is 3.21. The number of hydrogen-bond acceptors (Lipinski definition) is 7. The third kappa shape index (κ3) is 4.89. The van der Waals surface area contributed by atoms with Crippen molar-refractivity contribution in [1.29, 1.82) is 0 Å². The first-order valence-electron chi connectivity index (χ1n) is 11.2. The van der Waals surface area contributed by atoms with E-state index in [9.17, 15) is 4.79 Å². The Kier molecular flexibility index (Phi) is 6.79. The molecule has 9 heteroatoms. The molecule has 0 aliphatic carbocycles. The predicted octanol–water partition coefficient (Wildman–Crippen LogP) is 1.30. The van der Waals surface area contributed by atoms with Crippen LogP contribution in [0, 0.1) is 5.92 Å². The van der Waals surface area contributed by atoms with Gasteiger partial charge in [-0.2, -0.15) is 4.52 Å². The van der Waals surface area contributed by atoms with Crippen LogP contribution < -0.4 is 10.2 Å². The van der Waals surface area contributed by atoms with Gasteiger partial charge in [-0.1, -0.05) is 13.8 Å². The number of nitrogens with zero attached hydrogens (tertiary/aromatic N) is 6. The summed E-state index contributed by atoms with van der Waals surface area (Å²) in [6, 6.07) is 3.94. The third-order valence-electron chi connectivity index (χ3n) is 5.96. The average molecular weight is 416 g/mol. The van der Waals surface area contributed by atoms with Crippen molar-refractivity contribution in [2.24, 2.45) is 5.92 Å². The molecule has 2 saturated heterocycles. The molecule has 0 aromatic carbocycles. The van der Waals surface area contributed by atoms with Crippen LogP contribution in [0.2, 0.25) is 0 Å².